The van der Waals surface area contributed by atoms with Crippen LogP contribution in [-0.2, 0) is 6.42 Å². The smallest absolute Gasteiger partial charge is 0.119 e. The molecule has 2 nitrogen and oxygen atoms in total. The molecule has 0 fully saturated rings. The summed E-state index contributed by atoms with van der Waals surface area (Å²) in [4.78, 5) is 0. The van der Waals surface area contributed by atoms with Gasteiger partial charge in [-0.05, 0) is 37.5 Å². The Morgan fingerprint density at radius 1 is 0.826 bits per heavy atom. The molecule has 1 aromatic rings. The van der Waals surface area contributed by atoms with Crippen LogP contribution in [0.5, 0.6) is 5.75 Å². The van der Waals surface area contributed by atoms with Gasteiger partial charge in [0, 0.05) is 0 Å². The van der Waals surface area contributed by atoms with Gasteiger partial charge in [0.25, 0.3) is 0 Å². The predicted molar refractivity (Wildman–Crippen MR) is 99.2 cm³/mol. The minimum atomic E-state index is -0.415. The lowest BCUT2D eigenvalue weighted by molar-refractivity contribution is 0.122. The highest BCUT2D eigenvalue weighted by molar-refractivity contribution is 5.27. The van der Waals surface area contributed by atoms with E-state index < -0.39 is 6.10 Å². The highest BCUT2D eigenvalue weighted by Crippen LogP contribution is 2.16. The van der Waals surface area contributed by atoms with Crippen LogP contribution in [0.15, 0.2) is 24.3 Å². The normalized spacial score (nSPS) is 12.3. The van der Waals surface area contributed by atoms with Crippen molar-refractivity contribution in [3.63, 3.8) is 0 Å². The standard InChI is InChI=1S/C21H36O2/c1-3-4-5-6-7-8-9-10-11-12-13-20-14-16-21(17-15-20)23-18-19(2)22/h14-17,19,22H,3-13,18H2,1-2H3. The number of aliphatic hydroxyl groups excluding tert-OH is 1. The fraction of sp³-hybridized carbons (Fsp3) is 0.714. The third-order valence-electron chi connectivity index (χ3n) is 4.23. The highest BCUT2D eigenvalue weighted by Gasteiger charge is 1.99. The molecule has 0 saturated heterocycles. The maximum absolute atomic E-state index is 9.20. The first-order valence-corrected chi connectivity index (χ1v) is 9.62. The molecule has 0 aromatic heterocycles. The Morgan fingerprint density at radius 2 is 1.35 bits per heavy atom. The first kappa shape index (κ1) is 20.0. The Hall–Kier alpha value is -1.02. The number of benzene rings is 1. The second-order valence-electron chi connectivity index (χ2n) is 6.74. The topological polar surface area (TPSA) is 29.5 Å². The average Bonchev–Trinajstić information content (AvgIpc) is 2.55. The van der Waals surface area contributed by atoms with Crippen LogP contribution in [0.2, 0.25) is 0 Å². The van der Waals surface area contributed by atoms with Crippen LogP contribution in [0, 0.1) is 0 Å². The van der Waals surface area contributed by atoms with E-state index in [4.69, 9.17) is 4.74 Å². The summed E-state index contributed by atoms with van der Waals surface area (Å²) in [6.07, 6.45) is 14.6. The second-order valence-corrected chi connectivity index (χ2v) is 6.74. The number of aliphatic hydroxyl groups is 1. The molecule has 0 bridgehead atoms. The molecule has 0 aliphatic heterocycles. The van der Waals surface area contributed by atoms with Crippen molar-refractivity contribution < 1.29 is 9.84 Å². The van der Waals surface area contributed by atoms with E-state index in [1.807, 2.05) is 12.1 Å². The van der Waals surface area contributed by atoms with Gasteiger partial charge in [-0.25, -0.2) is 0 Å². The fourth-order valence-corrected chi connectivity index (χ4v) is 2.79. The van der Waals surface area contributed by atoms with E-state index in [0.29, 0.717) is 6.61 Å². The molecule has 1 unspecified atom stereocenters. The molecular weight excluding hydrogens is 284 g/mol. The van der Waals surface area contributed by atoms with E-state index in [-0.39, 0.29) is 0 Å². The summed E-state index contributed by atoms with van der Waals surface area (Å²) >= 11 is 0. The molecule has 2 heteroatoms. The summed E-state index contributed by atoms with van der Waals surface area (Å²) in [6, 6.07) is 8.30. The lowest BCUT2D eigenvalue weighted by Gasteiger charge is -2.08. The fourth-order valence-electron chi connectivity index (χ4n) is 2.79. The first-order chi connectivity index (χ1) is 11.2. The van der Waals surface area contributed by atoms with E-state index in [9.17, 15) is 5.11 Å². The zero-order chi connectivity index (χ0) is 16.8. The zero-order valence-electron chi connectivity index (χ0n) is 15.2. The SMILES string of the molecule is CCCCCCCCCCCCc1ccc(OCC(C)O)cc1. The van der Waals surface area contributed by atoms with Crippen molar-refractivity contribution in [1.82, 2.24) is 0 Å². The van der Waals surface area contributed by atoms with Crippen LogP contribution in [0.3, 0.4) is 0 Å². The molecule has 23 heavy (non-hydrogen) atoms. The monoisotopic (exact) mass is 320 g/mol. The van der Waals surface area contributed by atoms with Crippen LogP contribution in [0.25, 0.3) is 0 Å². The van der Waals surface area contributed by atoms with Crippen molar-refractivity contribution in [3.05, 3.63) is 29.8 Å². The molecule has 0 spiro atoms. The summed E-state index contributed by atoms with van der Waals surface area (Å²) < 4.78 is 5.48. The van der Waals surface area contributed by atoms with Gasteiger partial charge in [0.15, 0.2) is 0 Å². The summed E-state index contributed by atoms with van der Waals surface area (Å²) in [6.45, 7) is 4.37. The Labute approximate surface area is 143 Å². The van der Waals surface area contributed by atoms with Gasteiger partial charge < -0.3 is 9.84 Å². The van der Waals surface area contributed by atoms with E-state index in [1.165, 1.54) is 69.8 Å². The predicted octanol–water partition coefficient (Wildman–Crippen LogP) is 5.91. The molecule has 132 valence electrons. The number of aryl methyl sites for hydroxylation is 1. The van der Waals surface area contributed by atoms with Gasteiger partial charge in [0.05, 0.1) is 6.10 Å². The molecule has 0 aliphatic rings. The van der Waals surface area contributed by atoms with Crippen molar-refractivity contribution in [2.24, 2.45) is 0 Å². The number of rotatable bonds is 14. The Bertz CT molecular complexity index is 370. The Kier molecular flexibility index (Phi) is 11.7. The molecule has 0 amide bonds. The highest BCUT2D eigenvalue weighted by atomic mass is 16.5. The Balaban J connectivity index is 1.99. The lowest BCUT2D eigenvalue weighted by atomic mass is 10.0. The van der Waals surface area contributed by atoms with Gasteiger partial charge in [-0.15, -0.1) is 0 Å². The van der Waals surface area contributed by atoms with Gasteiger partial charge in [-0.1, -0.05) is 76.8 Å². The van der Waals surface area contributed by atoms with Gasteiger partial charge in [0.1, 0.15) is 12.4 Å². The first-order valence-electron chi connectivity index (χ1n) is 9.62. The summed E-state index contributed by atoms with van der Waals surface area (Å²) in [5, 5.41) is 9.20. The summed E-state index contributed by atoms with van der Waals surface area (Å²) in [7, 11) is 0. The molecule has 1 rings (SSSR count). The van der Waals surface area contributed by atoms with Gasteiger partial charge >= 0.3 is 0 Å². The van der Waals surface area contributed by atoms with Gasteiger partial charge in [-0.3, -0.25) is 0 Å². The minimum Gasteiger partial charge on any atom is -0.491 e. The summed E-state index contributed by atoms with van der Waals surface area (Å²) in [5.41, 5.74) is 1.38. The van der Waals surface area contributed by atoms with Gasteiger partial charge in [0.2, 0.25) is 0 Å². The number of unbranched alkanes of at least 4 members (excludes halogenated alkanes) is 9. The molecule has 0 aliphatic carbocycles. The number of hydrogen-bond donors (Lipinski definition) is 1. The van der Waals surface area contributed by atoms with Crippen molar-refractivity contribution in [1.29, 1.82) is 0 Å². The van der Waals surface area contributed by atoms with Crippen molar-refractivity contribution in [3.8, 4) is 5.75 Å². The van der Waals surface area contributed by atoms with E-state index in [1.54, 1.807) is 6.92 Å². The molecule has 1 N–H and O–H groups in total. The zero-order valence-corrected chi connectivity index (χ0v) is 15.2. The van der Waals surface area contributed by atoms with Crippen molar-refractivity contribution >= 4 is 0 Å². The van der Waals surface area contributed by atoms with Crippen LogP contribution < -0.4 is 4.74 Å². The maximum atomic E-state index is 9.20. The molecule has 1 aromatic carbocycles. The lowest BCUT2D eigenvalue weighted by Crippen LogP contribution is -2.12. The van der Waals surface area contributed by atoms with Crippen LogP contribution in [-0.4, -0.2) is 17.8 Å². The van der Waals surface area contributed by atoms with E-state index >= 15 is 0 Å². The van der Waals surface area contributed by atoms with E-state index in [0.717, 1.165) is 12.2 Å². The van der Waals surface area contributed by atoms with Gasteiger partial charge in [-0.2, -0.15) is 0 Å². The average molecular weight is 321 g/mol. The quantitative estimate of drug-likeness (QED) is 0.432. The second kappa shape index (κ2) is 13.4. The van der Waals surface area contributed by atoms with Crippen LogP contribution in [0.1, 0.15) is 83.6 Å². The van der Waals surface area contributed by atoms with Crippen LogP contribution >= 0.6 is 0 Å². The maximum Gasteiger partial charge on any atom is 0.119 e. The third-order valence-corrected chi connectivity index (χ3v) is 4.23. The van der Waals surface area contributed by atoms with Crippen molar-refractivity contribution in [2.75, 3.05) is 6.61 Å². The van der Waals surface area contributed by atoms with Crippen LogP contribution in [0.4, 0.5) is 0 Å². The molecule has 0 heterocycles. The molecular formula is C21H36O2. The summed E-state index contributed by atoms with van der Waals surface area (Å²) in [5.74, 6) is 0.845. The van der Waals surface area contributed by atoms with E-state index in [2.05, 4.69) is 19.1 Å². The minimum absolute atomic E-state index is 0.359. The number of hydrogen-bond acceptors (Lipinski definition) is 2. The Morgan fingerprint density at radius 3 is 1.87 bits per heavy atom. The third kappa shape index (κ3) is 11.2. The molecule has 0 radical (unpaired) electrons. The van der Waals surface area contributed by atoms with Crippen molar-refractivity contribution in [2.45, 2.75) is 90.6 Å². The number of ether oxygens (including phenoxy) is 1. The molecule has 1 atom stereocenters. The largest absolute Gasteiger partial charge is 0.491 e. The molecule has 0 saturated carbocycles.